The lowest BCUT2D eigenvalue weighted by molar-refractivity contribution is -0.114. The van der Waals surface area contributed by atoms with E-state index >= 15 is 0 Å². The van der Waals surface area contributed by atoms with Gasteiger partial charge >= 0.3 is 5.92 Å². The van der Waals surface area contributed by atoms with E-state index < -0.39 is 17.5 Å². The highest BCUT2D eigenvalue weighted by molar-refractivity contribution is 5.93. The largest absolute Gasteiger partial charge is 0.325 e. The molecule has 1 spiro atoms. The number of nitrogens with zero attached hydrogens (tertiary/aromatic N) is 4. The molecule has 0 aromatic carbocycles. The van der Waals surface area contributed by atoms with E-state index in [0.29, 0.717) is 19.3 Å². The molecule has 0 saturated heterocycles. The average Bonchev–Trinajstić information content (AvgIpc) is 3.31. The minimum atomic E-state index is -3.28. The van der Waals surface area contributed by atoms with E-state index in [-0.39, 0.29) is 22.8 Å². The van der Waals surface area contributed by atoms with Crippen molar-refractivity contribution in [2.24, 2.45) is 0 Å². The number of Topliss-reactive ketones (excluding diaryl/α,β-unsaturated/α-hetero) is 1. The minimum Gasteiger partial charge on any atom is -0.325 e. The Labute approximate surface area is 160 Å². The molecule has 2 aliphatic rings. The second kappa shape index (κ2) is 6.02. The highest BCUT2D eigenvalue weighted by Gasteiger charge is 2.52. The molecular weight excluding hydrogens is 368 g/mol. The van der Waals surface area contributed by atoms with Gasteiger partial charge in [-0.1, -0.05) is 0 Å². The van der Waals surface area contributed by atoms with Crippen molar-refractivity contribution in [1.82, 2.24) is 15.0 Å². The lowest BCUT2D eigenvalue weighted by Crippen LogP contribution is -2.23. The molecule has 9 heteroatoms. The number of fused-ring (bicyclic) bond motifs is 2. The summed E-state index contributed by atoms with van der Waals surface area (Å²) in [5.41, 5.74) is 1.59. The van der Waals surface area contributed by atoms with Crippen LogP contribution >= 0.6 is 0 Å². The Hall–Kier alpha value is -2.97. The normalized spacial score (nSPS) is 16.8. The number of pyridine rings is 1. The number of anilines is 3. The molecule has 3 heterocycles. The van der Waals surface area contributed by atoms with Crippen molar-refractivity contribution in [2.45, 2.75) is 45.0 Å². The quantitative estimate of drug-likeness (QED) is 0.810. The standard InChI is InChI=1S/C19H19F2N5O2/c1-10(27)13-6-16(25-17(24-13)18(3,20)21)26-9-19(4-5-19)12-8-22-15(7-14(12)26)23-11(2)28/h6-8H,4-5,9H2,1-3H3,(H,22,23,28). The third kappa shape index (κ3) is 3.10. The zero-order valence-electron chi connectivity index (χ0n) is 15.7. The van der Waals surface area contributed by atoms with Crippen molar-refractivity contribution < 1.29 is 18.4 Å². The number of hydrogen-bond donors (Lipinski definition) is 1. The molecular formula is C19H19F2N5O2. The molecule has 1 N–H and O–H groups in total. The van der Waals surface area contributed by atoms with Gasteiger partial charge in [-0.25, -0.2) is 15.0 Å². The van der Waals surface area contributed by atoms with Gasteiger partial charge < -0.3 is 10.2 Å². The van der Waals surface area contributed by atoms with E-state index in [2.05, 4.69) is 20.3 Å². The molecule has 4 rings (SSSR count). The van der Waals surface area contributed by atoms with Gasteiger partial charge in [0.05, 0.1) is 5.69 Å². The number of alkyl halides is 2. The number of amides is 1. The Kier molecular flexibility index (Phi) is 3.95. The number of ketones is 1. The fourth-order valence-corrected chi connectivity index (χ4v) is 3.53. The summed E-state index contributed by atoms with van der Waals surface area (Å²) in [6, 6.07) is 3.14. The lowest BCUT2D eigenvalue weighted by atomic mass is 10.0. The van der Waals surface area contributed by atoms with Crippen molar-refractivity contribution in [1.29, 1.82) is 0 Å². The van der Waals surface area contributed by atoms with Crippen LogP contribution < -0.4 is 10.2 Å². The molecule has 1 aliphatic heterocycles. The van der Waals surface area contributed by atoms with Crippen molar-refractivity contribution in [2.75, 3.05) is 16.8 Å². The Bertz CT molecular complexity index is 998. The molecule has 0 atom stereocenters. The van der Waals surface area contributed by atoms with Gasteiger partial charge in [-0.3, -0.25) is 9.59 Å². The number of hydrogen-bond acceptors (Lipinski definition) is 6. The third-order valence-electron chi connectivity index (χ3n) is 5.11. The summed E-state index contributed by atoms with van der Waals surface area (Å²) in [4.78, 5) is 37.1. The molecule has 0 bridgehead atoms. The van der Waals surface area contributed by atoms with Gasteiger partial charge in [-0.05, 0) is 12.8 Å². The van der Waals surface area contributed by atoms with E-state index in [1.54, 1.807) is 17.2 Å². The maximum absolute atomic E-state index is 13.9. The van der Waals surface area contributed by atoms with Crippen molar-refractivity contribution in [3.05, 3.63) is 35.4 Å². The van der Waals surface area contributed by atoms with Crippen LogP contribution in [-0.4, -0.2) is 33.2 Å². The lowest BCUT2D eigenvalue weighted by Gasteiger charge is -2.21. The first-order chi connectivity index (χ1) is 13.1. The highest BCUT2D eigenvalue weighted by Crippen LogP contribution is 2.58. The minimum absolute atomic E-state index is 0.0593. The van der Waals surface area contributed by atoms with E-state index in [0.717, 1.165) is 24.1 Å². The fourth-order valence-electron chi connectivity index (χ4n) is 3.53. The topological polar surface area (TPSA) is 88.1 Å². The monoisotopic (exact) mass is 387 g/mol. The summed E-state index contributed by atoms with van der Waals surface area (Å²) in [5, 5.41) is 2.64. The maximum Gasteiger partial charge on any atom is 0.303 e. The summed E-state index contributed by atoms with van der Waals surface area (Å²) in [6.45, 7) is 3.92. The predicted octanol–water partition coefficient (Wildman–Crippen LogP) is 3.33. The Morgan fingerprint density at radius 3 is 2.50 bits per heavy atom. The molecule has 2 aromatic heterocycles. The van der Waals surface area contributed by atoms with Crippen LogP contribution in [-0.2, 0) is 16.1 Å². The third-order valence-corrected chi connectivity index (χ3v) is 5.11. The molecule has 0 radical (unpaired) electrons. The van der Waals surface area contributed by atoms with Crippen LogP contribution in [0.3, 0.4) is 0 Å². The maximum atomic E-state index is 13.9. The summed E-state index contributed by atoms with van der Waals surface area (Å²) < 4.78 is 27.8. The van der Waals surface area contributed by atoms with Crippen molar-refractivity contribution in [3.63, 3.8) is 0 Å². The van der Waals surface area contributed by atoms with Crippen LogP contribution in [0.25, 0.3) is 0 Å². The number of aromatic nitrogens is 3. The molecule has 0 unspecified atom stereocenters. The number of carbonyl (C=O) groups excluding carboxylic acids is 2. The van der Waals surface area contributed by atoms with E-state index in [9.17, 15) is 18.4 Å². The molecule has 1 amide bonds. The van der Waals surface area contributed by atoms with Crippen LogP contribution in [0.2, 0.25) is 0 Å². The SMILES string of the molecule is CC(=O)Nc1cc2c(cn1)C1(CC1)CN2c1cc(C(C)=O)nc(C(C)(F)F)n1. The van der Waals surface area contributed by atoms with Crippen molar-refractivity contribution in [3.8, 4) is 0 Å². The molecule has 1 saturated carbocycles. The van der Waals surface area contributed by atoms with Gasteiger partial charge in [0.1, 0.15) is 17.3 Å². The van der Waals surface area contributed by atoms with Crippen LogP contribution in [0.15, 0.2) is 18.3 Å². The van der Waals surface area contributed by atoms with E-state index in [1.165, 1.54) is 19.9 Å². The summed E-state index contributed by atoms with van der Waals surface area (Å²) in [5.74, 6) is -4.03. The number of nitrogens with one attached hydrogen (secondary N) is 1. The smallest absolute Gasteiger partial charge is 0.303 e. The van der Waals surface area contributed by atoms with Gasteiger partial charge in [-0.15, -0.1) is 0 Å². The van der Waals surface area contributed by atoms with Gasteiger partial charge in [0, 0.05) is 56.6 Å². The predicted molar refractivity (Wildman–Crippen MR) is 98.1 cm³/mol. The fraction of sp³-hybridized carbons (Fsp3) is 0.421. The zero-order chi connectivity index (χ0) is 20.3. The molecule has 1 aliphatic carbocycles. The van der Waals surface area contributed by atoms with E-state index in [1.807, 2.05) is 0 Å². The van der Waals surface area contributed by atoms with Crippen LogP contribution in [0.4, 0.5) is 26.1 Å². The van der Waals surface area contributed by atoms with Crippen LogP contribution in [0, 0.1) is 0 Å². The number of carbonyl (C=O) groups is 2. The molecule has 2 aromatic rings. The Morgan fingerprint density at radius 2 is 1.93 bits per heavy atom. The molecule has 28 heavy (non-hydrogen) atoms. The Balaban J connectivity index is 1.84. The second-order valence-electron chi connectivity index (χ2n) is 7.51. The van der Waals surface area contributed by atoms with Crippen molar-refractivity contribution >= 4 is 29.0 Å². The first kappa shape index (κ1) is 18.4. The zero-order valence-corrected chi connectivity index (χ0v) is 15.7. The summed E-state index contributed by atoms with van der Waals surface area (Å²) in [6.07, 6.45) is 3.63. The highest BCUT2D eigenvalue weighted by atomic mass is 19.3. The van der Waals surface area contributed by atoms with Gasteiger partial charge in [-0.2, -0.15) is 8.78 Å². The van der Waals surface area contributed by atoms with Crippen LogP contribution in [0.1, 0.15) is 55.5 Å². The average molecular weight is 387 g/mol. The van der Waals surface area contributed by atoms with Gasteiger partial charge in [0.25, 0.3) is 0 Å². The molecule has 7 nitrogen and oxygen atoms in total. The van der Waals surface area contributed by atoms with Gasteiger partial charge in [0.2, 0.25) is 11.7 Å². The first-order valence-corrected chi connectivity index (χ1v) is 8.93. The van der Waals surface area contributed by atoms with Crippen LogP contribution in [0.5, 0.6) is 0 Å². The Morgan fingerprint density at radius 1 is 1.21 bits per heavy atom. The molecule has 1 fully saturated rings. The first-order valence-electron chi connectivity index (χ1n) is 8.93. The second-order valence-corrected chi connectivity index (χ2v) is 7.51. The number of halogens is 2. The van der Waals surface area contributed by atoms with Gasteiger partial charge in [0.15, 0.2) is 5.78 Å². The number of rotatable bonds is 4. The summed E-state index contributed by atoms with van der Waals surface area (Å²) in [7, 11) is 0. The van der Waals surface area contributed by atoms with E-state index in [4.69, 9.17) is 0 Å². The summed E-state index contributed by atoms with van der Waals surface area (Å²) >= 11 is 0. The molecule has 146 valence electrons.